The number of nitrogens with one attached hydrogen (secondary N) is 3. The number of ether oxygens (including phenoxy) is 1. The average Bonchev–Trinajstić information content (AvgIpc) is 3.12. The molecule has 1 aromatic heterocycles. The molecule has 0 bridgehead atoms. The largest absolute Gasteiger partial charge is 0.491 e. The van der Waals surface area contributed by atoms with E-state index in [4.69, 9.17) is 9.15 Å². The summed E-state index contributed by atoms with van der Waals surface area (Å²) < 4.78 is 10.8. The standard InChI is InChI=1S/C19H25N3O4/c1-13-7-4-5-9-17(13)26-12-14(2)21-19(24)22-15(3)18(23)20-11-16-8-6-10-25-16/h4-10,14-15H,11-12H2,1-3H3,(H,20,23)(H2,21,22,24)/t14-,15+/m0/s1. The summed E-state index contributed by atoms with van der Waals surface area (Å²) in [6.07, 6.45) is 1.54. The SMILES string of the molecule is Cc1ccccc1OC[C@H](C)NC(=O)N[C@H](C)C(=O)NCc1ccco1. The topological polar surface area (TPSA) is 92.6 Å². The Kier molecular flexibility index (Phi) is 7.08. The van der Waals surface area contributed by atoms with E-state index in [0.717, 1.165) is 11.3 Å². The molecule has 26 heavy (non-hydrogen) atoms. The van der Waals surface area contributed by atoms with E-state index in [1.54, 1.807) is 19.1 Å². The van der Waals surface area contributed by atoms with Crippen LogP contribution in [0.2, 0.25) is 0 Å². The Balaban J connectivity index is 1.69. The van der Waals surface area contributed by atoms with Crippen LogP contribution in [0.3, 0.4) is 0 Å². The van der Waals surface area contributed by atoms with Gasteiger partial charge in [-0.1, -0.05) is 18.2 Å². The average molecular weight is 359 g/mol. The summed E-state index contributed by atoms with van der Waals surface area (Å²) in [5, 5.41) is 8.05. The fourth-order valence-electron chi connectivity index (χ4n) is 2.24. The molecule has 3 N–H and O–H groups in total. The molecule has 2 atom stereocenters. The second kappa shape index (κ2) is 9.50. The van der Waals surface area contributed by atoms with Gasteiger partial charge in [-0.25, -0.2) is 4.79 Å². The number of carbonyl (C=O) groups is 2. The van der Waals surface area contributed by atoms with Crippen molar-refractivity contribution >= 4 is 11.9 Å². The molecular formula is C19H25N3O4. The van der Waals surface area contributed by atoms with Gasteiger partial charge in [0.05, 0.1) is 18.8 Å². The van der Waals surface area contributed by atoms with E-state index >= 15 is 0 Å². The lowest BCUT2D eigenvalue weighted by molar-refractivity contribution is -0.122. The minimum Gasteiger partial charge on any atom is -0.491 e. The number of amides is 3. The van der Waals surface area contributed by atoms with E-state index in [2.05, 4.69) is 16.0 Å². The summed E-state index contributed by atoms with van der Waals surface area (Å²) in [6, 6.07) is 9.88. The Morgan fingerprint density at radius 2 is 1.88 bits per heavy atom. The van der Waals surface area contributed by atoms with Crippen molar-refractivity contribution in [1.82, 2.24) is 16.0 Å². The maximum absolute atomic E-state index is 12.0. The number of aryl methyl sites for hydroxylation is 1. The van der Waals surface area contributed by atoms with Gasteiger partial charge >= 0.3 is 6.03 Å². The van der Waals surface area contributed by atoms with Gasteiger partial charge in [-0.2, -0.15) is 0 Å². The molecule has 3 amide bonds. The lowest BCUT2D eigenvalue weighted by atomic mass is 10.2. The van der Waals surface area contributed by atoms with Gasteiger partial charge in [0, 0.05) is 0 Å². The van der Waals surface area contributed by atoms with Crippen molar-refractivity contribution in [1.29, 1.82) is 0 Å². The molecule has 0 unspecified atom stereocenters. The van der Waals surface area contributed by atoms with E-state index < -0.39 is 12.1 Å². The van der Waals surface area contributed by atoms with Gasteiger partial charge in [-0.05, 0) is 44.5 Å². The minimum absolute atomic E-state index is 0.215. The molecule has 0 fully saturated rings. The van der Waals surface area contributed by atoms with E-state index in [1.807, 2.05) is 38.1 Å². The normalized spacial score (nSPS) is 12.7. The fourth-order valence-corrected chi connectivity index (χ4v) is 2.24. The van der Waals surface area contributed by atoms with E-state index in [-0.39, 0.29) is 18.5 Å². The van der Waals surface area contributed by atoms with Gasteiger partial charge in [0.25, 0.3) is 0 Å². The fraction of sp³-hybridized carbons (Fsp3) is 0.368. The molecule has 0 aliphatic rings. The molecule has 1 heterocycles. The highest BCUT2D eigenvalue weighted by Crippen LogP contribution is 2.16. The molecular weight excluding hydrogens is 334 g/mol. The lowest BCUT2D eigenvalue weighted by Crippen LogP contribution is -2.51. The first-order valence-corrected chi connectivity index (χ1v) is 8.51. The minimum atomic E-state index is -0.672. The zero-order valence-corrected chi connectivity index (χ0v) is 15.2. The molecule has 7 heteroatoms. The Morgan fingerprint density at radius 1 is 1.12 bits per heavy atom. The first-order valence-electron chi connectivity index (χ1n) is 8.51. The van der Waals surface area contributed by atoms with Gasteiger partial charge in [-0.15, -0.1) is 0 Å². The summed E-state index contributed by atoms with van der Waals surface area (Å²) >= 11 is 0. The number of benzene rings is 1. The van der Waals surface area contributed by atoms with Crippen molar-refractivity contribution in [3.05, 3.63) is 54.0 Å². The molecule has 0 aliphatic carbocycles. The molecule has 2 rings (SSSR count). The van der Waals surface area contributed by atoms with Gasteiger partial charge in [-0.3, -0.25) is 4.79 Å². The van der Waals surface area contributed by atoms with Crippen LogP contribution in [0.4, 0.5) is 4.79 Å². The van der Waals surface area contributed by atoms with Crippen molar-refractivity contribution in [2.45, 2.75) is 39.4 Å². The summed E-state index contributed by atoms with van der Waals surface area (Å²) in [6.45, 7) is 6.02. The van der Waals surface area contributed by atoms with Crippen LogP contribution in [0.15, 0.2) is 47.1 Å². The molecule has 140 valence electrons. The quantitative estimate of drug-likeness (QED) is 0.675. The van der Waals surface area contributed by atoms with Crippen LogP contribution in [0.25, 0.3) is 0 Å². The molecule has 1 aromatic carbocycles. The van der Waals surface area contributed by atoms with Crippen molar-refractivity contribution in [2.24, 2.45) is 0 Å². The number of rotatable bonds is 8. The van der Waals surface area contributed by atoms with Crippen molar-refractivity contribution < 1.29 is 18.7 Å². The third-order valence-electron chi connectivity index (χ3n) is 3.72. The smallest absolute Gasteiger partial charge is 0.315 e. The highest BCUT2D eigenvalue weighted by Gasteiger charge is 2.17. The van der Waals surface area contributed by atoms with E-state index in [1.165, 1.54) is 6.26 Å². The van der Waals surface area contributed by atoms with E-state index in [0.29, 0.717) is 12.4 Å². The number of carbonyl (C=O) groups excluding carboxylic acids is 2. The van der Waals surface area contributed by atoms with Crippen LogP contribution >= 0.6 is 0 Å². The second-order valence-corrected chi connectivity index (χ2v) is 6.11. The maximum Gasteiger partial charge on any atom is 0.315 e. The Bertz CT molecular complexity index is 715. The maximum atomic E-state index is 12.0. The predicted molar refractivity (Wildman–Crippen MR) is 97.8 cm³/mol. The second-order valence-electron chi connectivity index (χ2n) is 6.11. The first kappa shape index (κ1) is 19.4. The third kappa shape index (κ3) is 6.16. The van der Waals surface area contributed by atoms with Crippen LogP contribution in [0, 0.1) is 6.92 Å². The summed E-state index contributed by atoms with van der Waals surface area (Å²) in [7, 11) is 0. The predicted octanol–water partition coefficient (Wildman–Crippen LogP) is 2.36. The van der Waals surface area contributed by atoms with Crippen LogP contribution < -0.4 is 20.7 Å². The number of hydrogen-bond donors (Lipinski definition) is 3. The van der Waals surface area contributed by atoms with Gasteiger partial charge in [0.1, 0.15) is 24.2 Å². The molecule has 2 aromatic rings. The van der Waals surface area contributed by atoms with E-state index in [9.17, 15) is 9.59 Å². The van der Waals surface area contributed by atoms with Gasteiger partial charge in [0.15, 0.2) is 0 Å². The number of para-hydroxylation sites is 1. The monoisotopic (exact) mass is 359 g/mol. The zero-order valence-electron chi connectivity index (χ0n) is 15.2. The van der Waals surface area contributed by atoms with Crippen LogP contribution in [-0.2, 0) is 11.3 Å². The van der Waals surface area contributed by atoms with Crippen molar-refractivity contribution in [2.75, 3.05) is 6.61 Å². The molecule has 0 spiro atoms. The van der Waals surface area contributed by atoms with Crippen LogP contribution in [-0.4, -0.2) is 30.6 Å². The molecule has 0 saturated heterocycles. The zero-order chi connectivity index (χ0) is 18.9. The Hall–Kier alpha value is -2.96. The van der Waals surface area contributed by atoms with Crippen LogP contribution in [0.1, 0.15) is 25.2 Å². The first-order chi connectivity index (χ1) is 12.5. The highest BCUT2D eigenvalue weighted by molar-refractivity contribution is 5.86. The summed E-state index contributed by atoms with van der Waals surface area (Å²) in [4.78, 5) is 24.0. The molecule has 0 aliphatic heterocycles. The molecule has 0 saturated carbocycles. The summed E-state index contributed by atoms with van der Waals surface area (Å²) in [5.41, 5.74) is 1.03. The number of furan rings is 1. The van der Waals surface area contributed by atoms with Crippen LogP contribution in [0.5, 0.6) is 5.75 Å². The van der Waals surface area contributed by atoms with Crippen molar-refractivity contribution in [3.63, 3.8) is 0 Å². The summed E-state index contributed by atoms with van der Waals surface area (Å²) in [5.74, 6) is 1.14. The third-order valence-corrected chi connectivity index (χ3v) is 3.72. The highest BCUT2D eigenvalue weighted by atomic mass is 16.5. The van der Waals surface area contributed by atoms with Gasteiger partial charge in [0.2, 0.25) is 5.91 Å². The molecule has 0 radical (unpaired) electrons. The molecule has 7 nitrogen and oxygen atoms in total. The Labute approximate surface area is 153 Å². The Morgan fingerprint density at radius 3 is 2.58 bits per heavy atom. The van der Waals surface area contributed by atoms with Gasteiger partial charge < -0.3 is 25.1 Å². The lowest BCUT2D eigenvalue weighted by Gasteiger charge is -2.18. The number of hydrogen-bond acceptors (Lipinski definition) is 4. The number of urea groups is 1. The van der Waals surface area contributed by atoms with Crippen molar-refractivity contribution in [3.8, 4) is 5.75 Å².